The number of aliphatic hydroxyl groups is 1. The SMILES string of the molecule is OCC(Nc1cccc(Br)c1)c1cc(Br)ccc1Cl. The van der Waals surface area contributed by atoms with Gasteiger partial charge in [0, 0.05) is 19.7 Å². The van der Waals surface area contributed by atoms with Crippen molar-refractivity contribution >= 4 is 49.1 Å². The van der Waals surface area contributed by atoms with Gasteiger partial charge in [-0.25, -0.2) is 0 Å². The molecule has 0 aliphatic heterocycles. The van der Waals surface area contributed by atoms with E-state index in [1.54, 1.807) is 0 Å². The number of halogens is 3. The molecule has 0 bridgehead atoms. The Morgan fingerprint density at radius 3 is 2.53 bits per heavy atom. The lowest BCUT2D eigenvalue weighted by atomic mass is 10.1. The number of aliphatic hydroxyl groups excluding tert-OH is 1. The van der Waals surface area contributed by atoms with Gasteiger partial charge in [0.25, 0.3) is 0 Å². The van der Waals surface area contributed by atoms with Crippen LogP contribution in [-0.2, 0) is 0 Å². The van der Waals surface area contributed by atoms with E-state index in [1.165, 1.54) is 0 Å². The number of hydrogen-bond acceptors (Lipinski definition) is 2. The van der Waals surface area contributed by atoms with E-state index < -0.39 is 0 Å². The number of benzene rings is 2. The van der Waals surface area contributed by atoms with Crippen molar-refractivity contribution in [2.24, 2.45) is 0 Å². The number of hydrogen-bond donors (Lipinski definition) is 2. The standard InChI is InChI=1S/C14H12Br2ClNO/c15-9-2-1-3-11(6-9)18-14(8-19)12-7-10(16)4-5-13(12)17/h1-7,14,18-19H,8H2. The first-order valence-corrected chi connectivity index (χ1v) is 7.64. The Labute approximate surface area is 134 Å². The van der Waals surface area contributed by atoms with Crippen LogP contribution in [-0.4, -0.2) is 11.7 Å². The van der Waals surface area contributed by atoms with Gasteiger partial charge in [-0.05, 0) is 42.0 Å². The monoisotopic (exact) mass is 403 g/mol. The lowest BCUT2D eigenvalue weighted by Gasteiger charge is -2.19. The minimum atomic E-state index is -0.251. The molecule has 2 aromatic carbocycles. The van der Waals surface area contributed by atoms with Gasteiger partial charge in [-0.2, -0.15) is 0 Å². The molecule has 19 heavy (non-hydrogen) atoms. The molecule has 100 valence electrons. The second-order valence-electron chi connectivity index (χ2n) is 4.06. The summed E-state index contributed by atoms with van der Waals surface area (Å²) in [7, 11) is 0. The minimum Gasteiger partial charge on any atom is -0.394 e. The second-order valence-corrected chi connectivity index (χ2v) is 6.29. The van der Waals surface area contributed by atoms with Gasteiger partial charge < -0.3 is 10.4 Å². The fraction of sp³-hybridized carbons (Fsp3) is 0.143. The highest BCUT2D eigenvalue weighted by Gasteiger charge is 2.14. The first-order valence-electron chi connectivity index (χ1n) is 5.68. The van der Waals surface area contributed by atoms with Gasteiger partial charge >= 0.3 is 0 Å². The normalized spacial score (nSPS) is 12.2. The molecule has 0 amide bonds. The molecule has 0 aromatic heterocycles. The van der Waals surface area contributed by atoms with E-state index in [-0.39, 0.29) is 12.6 Å². The van der Waals surface area contributed by atoms with Crippen molar-refractivity contribution in [1.82, 2.24) is 0 Å². The predicted octanol–water partition coefficient (Wildman–Crippen LogP) is 5.01. The average molecular weight is 406 g/mol. The molecule has 2 aromatic rings. The molecule has 1 atom stereocenters. The molecule has 5 heteroatoms. The van der Waals surface area contributed by atoms with Crippen molar-refractivity contribution in [3.8, 4) is 0 Å². The van der Waals surface area contributed by atoms with Crippen LogP contribution in [0.2, 0.25) is 5.02 Å². The summed E-state index contributed by atoms with van der Waals surface area (Å²) in [5.41, 5.74) is 1.78. The fourth-order valence-corrected chi connectivity index (χ4v) is 2.81. The molecule has 2 nitrogen and oxygen atoms in total. The van der Waals surface area contributed by atoms with Crippen molar-refractivity contribution < 1.29 is 5.11 Å². The molecule has 0 heterocycles. The Balaban J connectivity index is 2.27. The van der Waals surface area contributed by atoms with Crippen molar-refractivity contribution in [3.63, 3.8) is 0 Å². The number of rotatable bonds is 4. The molecule has 0 aliphatic carbocycles. The van der Waals surface area contributed by atoms with Crippen LogP contribution in [0.3, 0.4) is 0 Å². The molecule has 2 N–H and O–H groups in total. The summed E-state index contributed by atoms with van der Waals surface area (Å²) in [6.07, 6.45) is 0. The molecule has 0 aliphatic rings. The molecule has 1 unspecified atom stereocenters. The highest BCUT2D eigenvalue weighted by Crippen LogP contribution is 2.29. The zero-order chi connectivity index (χ0) is 13.8. The van der Waals surface area contributed by atoms with Crippen molar-refractivity contribution in [2.75, 3.05) is 11.9 Å². The van der Waals surface area contributed by atoms with Gasteiger partial charge in [0.1, 0.15) is 0 Å². The first kappa shape index (κ1) is 14.9. The Hall–Kier alpha value is -0.550. The topological polar surface area (TPSA) is 32.3 Å². The van der Waals surface area contributed by atoms with E-state index in [0.29, 0.717) is 5.02 Å². The van der Waals surface area contributed by atoms with E-state index in [4.69, 9.17) is 11.6 Å². The zero-order valence-corrected chi connectivity index (χ0v) is 13.8. The van der Waals surface area contributed by atoms with E-state index in [0.717, 1.165) is 20.2 Å². The van der Waals surface area contributed by atoms with Crippen LogP contribution in [0.25, 0.3) is 0 Å². The average Bonchev–Trinajstić information content (AvgIpc) is 2.39. The third-order valence-electron chi connectivity index (χ3n) is 2.68. The second kappa shape index (κ2) is 6.75. The molecule has 0 saturated carbocycles. The maximum Gasteiger partial charge on any atom is 0.0759 e. The van der Waals surface area contributed by atoms with Crippen LogP contribution in [0, 0.1) is 0 Å². The summed E-state index contributed by atoms with van der Waals surface area (Å²) in [5, 5.41) is 13.5. The summed E-state index contributed by atoms with van der Waals surface area (Å²) in [6, 6.07) is 13.1. The Kier molecular flexibility index (Phi) is 5.28. The van der Waals surface area contributed by atoms with Crippen LogP contribution < -0.4 is 5.32 Å². The van der Waals surface area contributed by atoms with E-state index in [1.807, 2.05) is 42.5 Å². The summed E-state index contributed by atoms with van der Waals surface area (Å²) >= 11 is 13.0. The van der Waals surface area contributed by atoms with Crippen LogP contribution in [0.15, 0.2) is 51.4 Å². The van der Waals surface area contributed by atoms with E-state index >= 15 is 0 Å². The van der Waals surface area contributed by atoms with Crippen molar-refractivity contribution in [3.05, 3.63) is 62.0 Å². The number of nitrogens with one attached hydrogen (secondary N) is 1. The Bertz CT molecular complexity index is 577. The predicted molar refractivity (Wildman–Crippen MR) is 86.7 cm³/mol. The number of anilines is 1. The highest BCUT2D eigenvalue weighted by atomic mass is 79.9. The largest absolute Gasteiger partial charge is 0.394 e. The van der Waals surface area contributed by atoms with Gasteiger partial charge in [-0.3, -0.25) is 0 Å². The maximum atomic E-state index is 9.58. The Morgan fingerprint density at radius 2 is 1.84 bits per heavy atom. The van der Waals surface area contributed by atoms with Crippen LogP contribution in [0.1, 0.15) is 11.6 Å². The molecule has 0 saturated heterocycles. The lowest BCUT2D eigenvalue weighted by molar-refractivity contribution is 0.276. The van der Waals surface area contributed by atoms with Gasteiger partial charge in [0.05, 0.1) is 12.6 Å². The molecule has 2 rings (SSSR count). The summed E-state index contributed by atoms with van der Waals surface area (Å²) in [4.78, 5) is 0. The zero-order valence-electron chi connectivity index (χ0n) is 9.91. The molecule has 0 spiro atoms. The molecule has 0 fully saturated rings. The minimum absolute atomic E-state index is 0.0390. The third kappa shape index (κ3) is 3.96. The summed E-state index contributed by atoms with van der Waals surface area (Å²) in [5.74, 6) is 0. The van der Waals surface area contributed by atoms with Gasteiger partial charge in [-0.1, -0.05) is 49.5 Å². The van der Waals surface area contributed by atoms with Crippen LogP contribution in [0.4, 0.5) is 5.69 Å². The van der Waals surface area contributed by atoms with Crippen LogP contribution in [0.5, 0.6) is 0 Å². The molecular weight excluding hydrogens is 393 g/mol. The Morgan fingerprint density at radius 1 is 1.11 bits per heavy atom. The van der Waals surface area contributed by atoms with Gasteiger partial charge in [0.2, 0.25) is 0 Å². The smallest absolute Gasteiger partial charge is 0.0759 e. The lowest BCUT2D eigenvalue weighted by Crippen LogP contribution is -2.15. The maximum absolute atomic E-state index is 9.58. The van der Waals surface area contributed by atoms with E-state index in [9.17, 15) is 5.11 Å². The molecular formula is C14H12Br2ClNO. The first-order chi connectivity index (χ1) is 9.10. The summed E-state index contributed by atoms with van der Waals surface area (Å²) < 4.78 is 1.91. The fourth-order valence-electron chi connectivity index (χ4n) is 1.78. The quantitative estimate of drug-likeness (QED) is 0.749. The molecule has 0 radical (unpaired) electrons. The van der Waals surface area contributed by atoms with E-state index in [2.05, 4.69) is 37.2 Å². The van der Waals surface area contributed by atoms with Crippen LogP contribution >= 0.6 is 43.5 Å². The van der Waals surface area contributed by atoms with Gasteiger partial charge in [0.15, 0.2) is 0 Å². The van der Waals surface area contributed by atoms with Crippen molar-refractivity contribution in [2.45, 2.75) is 6.04 Å². The van der Waals surface area contributed by atoms with Crippen molar-refractivity contribution in [1.29, 1.82) is 0 Å². The summed E-state index contributed by atoms with van der Waals surface area (Å²) in [6.45, 7) is -0.0390. The highest BCUT2D eigenvalue weighted by molar-refractivity contribution is 9.10. The van der Waals surface area contributed by atoms with Gasteiger partial charge in [-0.15, -0.1) is 0 Å². The third-order valence-corrected chi connectivity index (χ3v) is 4.01.